The number of carbonyl (C=O) groups is 1. The van der Waals surface area contributed by atoms with Gasteiger partial charge in [-0.1, -0.05) is 41.4 Å². The molecule has 0 spiro atoms. The maximum absolute atomic E-state index is 11.7. The first-order valence-corrected chi connectivity index (χ1v) is 10.7. The first kappa shape index (κ1) is 25.5. The summed E-state index contributed by atoms with van der Waals surface area (Å²) in [7, 11) is 0. The number of ether oxygens (including phenoxy) is 1. The lowest BCUT2D eigenvalue weighted by Gasteiger charge is -2.16. The molecule has 2 aromatic rings. The first-order valence-electron chi connectivity index (χ1n) is 9.93. The number of amides is 1. The lowest BCUT2D eigenvalue weighted by atomic mass is 10.1. The van der Waals surface area contributed by atoms with E-state index < -0.39 is 0 Å². The predicted molar refractivity (Wildman–Crippen MR) is 137 cm³/mol. The van der Waals surface area contributed by atoms with Crippen LogP contribution in [-0.4, -0.2) is 31.1 Å². The van der Waals surface area contributed by atoms with Crippen LogP contribution in [0.2, 0.25) is 10.0 Å². The Balaban J connectivity index is 0.00000341. The highest BCUT2D eigenvalue weighted by Gasteiger charge is 2.23. The normalized spacial score (nSPS) is 14.4. The second-order valence-electron chi connectivity index (χ2n) is 7.32. The molecule has 31 heavy (non-hydrogen) atoms. The Morgan fingerprint density at radius 1 is 1.23 bits per heavy atom. The Morgan fingerprint density at radius 3 is 2.58 bits per heavy atom. The van der Waals surface area contributed by atoms with Crippen LogP contribution in [0.15, 0.2) is 47.5 Å². The van der Waals surface area contributed by atoms with Gasteiger partial charge in [0.2, 0.25) is 0 Å². The van der Waals surface area contributed by atoms with E-state index in [9.17, 15) is 4.79 Å². The minimum absolute atomic E-state index is 0. The molecular weight excluding hydrogens is 550 g/mol. The van der Waals surface area contributed by atoms with Crippen molar-refractivity contribution in [3.63, 3.8) is 0 Å². The summed E-state index contributed by atoms with van der Waals surface area (Å²) >= 11 is 12.2. The molecule has 1 fully saturated rings. The molecule has 1 amide bonds. The quantitative estimate of drug-likeness (QED) is 0.233. The van der Waals surface area contributed by atoms with Gasteiger partial charge >= 0.3 is 0 Å². The number of hydrogen-bond donors (Lipinski definition) is 3. The summed E-state index contributed by atoms with van der Waals surface area (Å²) in [5.41, 5.74) is 8.01. The highest BCUT2D eigenvalue weighted by atomic mass is 127. The minimum Gasteiger partial charge on any atom is -0.484 e. The second-order valence-corrected chi connectivity index (χ2v) is 8.17. The van der Waals surface area contributed by atoms with Gasteiger partial charge in [-0.3, -0.25) is 9.79 Å². The average Bonchev–Trinajstić information content (AvgIpc) is 3.51. The van der Waals surface area contributed by atoms with Gasteiger partial charge in [0.25, 0.3) is 5.91 Å². The van der Waals surface area contributed by atoms with Gasteiger partial charge in [0.05, 0.1) is 6.04 Å². The average molecular weight is 577 g/mol. The van der Waals surface area contributed by atoms with Crippen molar-refractivity contribution in [2.75, 3.05) is 13.2 Å². The van der Waals surface area contributed by atoms with Gasteiger partial charge in [-0.2, -0.15) is 0 Å². The number of nitrogens with one attached hydrogen (secondary N) is 2. The Hall–Kier alpha value is -1.71. The van der Waals surface area contributed by atoms with E-state index >= 15 is 0 Å². The molecule has 6 nitrogen and oxygen atoms in total. The van der Waals surface area contributed by atoms with Crippen LogP contribution in [0.4, 0.5) is 0 Å². The van der Waals surface area contributed by atoms with Gasteiger partial charge in [0.15, 0.2) is 12.6 Å². The van der Waals surface area contributed by atoms with Crippen molar-refractivity contribution in [2.24, 2.45) is 10.7 Å². The van der Waals surface area contributed by atoms with Crippen LogP contribution in [0, 0.1) is 0 Å². The number of nitrogens with zero attached hydrogens (tertiary/aromatic N) is 1. The summed E-state index contributed by atoms with van der Waals surface area (Å²) in [5, 5.41) is 7.21. The highest BCUT2D eigenvalue weighted by Crippen LogP contribution is 2.26. The number of benzene rings is 2. The Morgan fingerprint density at radius 2 is 1.94 bits per heavy atom. The number of nitrogens with two attached hydrogens (primary N) is 1. The molecule has 0 heterocycles. The molecule has 4 N–H and O–H groups in total. The Bertz CT molecular complexity index is 905. The van der Waals surface area contributed by atoms with E-state index in [0.29, 0.717) is 34.3 Å². The molecule has 0 bridgehead atoms. The maximum Gasteiger partial charge on any atom is 0.258 e. The fourth-order valence-electron chi connectivity index (χ4n) is 2.90. The molecular formula is C22H27Cl2IN4O2. The van der Waals surface area contributed by atoms with Crippen molar-refractivity contribution in [1.82, 2.24) is 10.6 Å². The second kappa shape index (κ2) is 12.4. The minimum atomic E-state index is -0.0907. The van der Waals surface area contributed by atoms with E-state index in [4.69, 9.17) is 33.7 Å². The van der Waals surface area contributed by atoms with E-state index in [-0.39, 0.29) is 42.5 Å². The van der Waals surface area contributed by atoms with Crippen LogP contribution >= 0.6 is 47.2 Å². The monoisotopic (exact) mass is 576 g/mol. The van der Waals surface area contributed by atoms with Gasteiger partial charge < -0.3 is 21.1 Å². The molecule has 3 rings (SSSR count). The molecule has 1 unspecified atom stereocenters. The third-order valence-electron chi connectivity index (χ3n) is 4.71. The van der Waals surface area contributed by atoms with Crippen molar-refractivity contribution in [3.05, 3.63) is 63.6 Å². The number of halogens is 3. The molecule has 0 radical (unpaired) electrons. The van der Waals surface area contributed by atoms with Crippen LogP contribution in [0.3, 0.4) is 0 Å². The zero-order valence-electron chi connectivity index (χ0n) is 17.2. The number of aliphatic imine (C=N–C) groups is 1. The van der Waals surface area contributed by atoms with Crippen molar-refractivity contribution in [3.8, 4) is 5.75 Å². The molecule has 0 aromatic heterocycles. The number of carbonyl (C=O) groups excluding carboxylic acids is 1. The van der Waals surface area contributed by atoms with E-state index in [1.165, 1.54) is 0 Å². The summed E-state index contributed by atoms with van der Waals surface area (Å²) in [4.78, 5) is 16.0. The van der Waals surface area contributed by atoms with E-state index in [2.05, 4.69) is 15.6 Å². The lowest BCUT2D eigenvalue weighted by Crippen LogP contribution is -2.34. The summed E-state index contributed by atoms with van der Waals surface area (Å²) in [6.07, 6.45) is 2.87. The molecule has 168 valence electrons. The molecule has 0 aliphatic heterocycles. The zero-order valence-corrected chi connectivity index (χ0v) is 21.1. The van der Waals surface area contributed by atoms with Crippen molar-refractivity contribution >= 4 is 59.0 Å². The van der Waals surface area contributed by atoms with Gasteiger partial charge in [-0.15, -0.1) is 24.0 Å². The lowest BCUT2D eigenvalue weighted by molar-refractivity contribution is -0.123. The van der Waals surface area contributed by atoms with E-state index in [1.807, 2.05) is 37.3 Å². The van der Waals surface area contributed by atoms with Gasteiger partial charge in [-0.25, -0.2) is 0 Å². The van der Waals surface area contributed by atoms with Gasteiger partial charge in [-0.05, 0) is 61.6 Å². The van der Waals surface area contributed by atoms with Crippen LogP contribution < -0.4 is 21.1 Å². The molecule has 9 heteroatoms. The molecule has 1 aliphatic carbocycles. The molecule has 2 aromatic carbocycles. The largest absolute Gasteiger partial charge is 0.484 e. The Labute approximate surface area is 209 Å². The topological polar surface area (TPSA) is 88.7 Å². The third kappa shape index (κ3) is 8.74. The number of hydrogen-bond acceptors (Lipinski definition) is 3. The summed E-state index contributed by atoms with van der Waals surface area (Å²) in [5.74, 6) is 0.950. The van der Waals surface area contributed by atoms with Crippen molar-refractivity contribution in [2.45, 2.75) is 38.3 Å². The predicted octanol–water partition coefficient (Wildman–Crippen LogP) is 4.48. The van der Waals surface area contributed by atoms with E-state index in [1.54, 1.807) is 12.1 Å². The van der Waals surface area contributed by atoms with Crippen LogP contribution in [-0.2, 0) is 11.2 Å². The standard InChI is InChI=1S/C22H26Cl2N4O2.HI/c1-14(19-9-4-16(23)12-20(19)24)27-22(25)26-11-10-15-2-7-18(8-3-15)30-13-21(29)28-17-5-6-17;/h2-4,7-9,12,14,17H,5-6,10-11,13H2,1H3,(H,28,29)(H3,25,26,27);1H. The summed E-state index contributed by atoms with van der Waals surface area (Å²) in [6, 6.07) is 13.3. The summed E-state index contributed by atoms with van der Waals surface area (Å²) in [6.45, 7) is 2.54. The maximum atomic E-state index is 11.7. The van der Waals surface area contributed by atoms with Crippen molar-refractivity contribution in [1.29, 1.82) is 0 Å². The van der Waals surface area contributed by atoms with Gasteiger partial charge in [0, 0.05) is 22.6 Å². The van der Waals surface area contributed by atoms with Gasteiger partial charge in [0.1, 0.15) is 5.75 Å². The molecule has 1 atom stereocenters. The van der Waals surface area contributed by atoms with Crippen LogP contribution in [0.1, 0.15) is 36.9 Å². The molecule has 0 saturated heterocycles. The third-order valence-corrected chi connectivity index (χ3v) is 5.27. The van der Waals surface area contributed by atoms with E-state index in [0.717, 1.165) is 30.4 Å². The fraction of sp³-hybridized carbons (Fsp3) is 0.364. The highest BCUT2D eigenvalue weighted by molar-refractivity contribution is 14.0. The smallest absolute Gasteiger partial charge is 0.258 e. The number of guanidine groups is 1. The fourth-order valence-corrected chi connectivity index (χ4v) is 3.47. The zero-order chi connectivity index (χ0) is 21.5. The number of rotatable bonds is 9. The summed E-state index contributed by atoms with van der Waals surface area (Å²) < 4.78 is 5.51. The van der Waals surface area contributed by atoms with Crippen LogP contribution in [0.25, 0.3) is 0 Å². The van der Waals surface area contributed by atoms with Crippen LogP contribution in [0.5, 0.6) is 5.75 Å². The molecule has 1 saturated carbocycles. The first-order chi connectivity index (χ1) is 14.4. The Kier molecular flexibility index (Phi) is 10.2. The SMILES string of the molecule is CC(NC(N)=NCCc1ccc(OCC(=O)NC2CC2)cc1)c1ccc(Cl)cc1Cl.I. The van der Waals surface area contributed by atoms with Crippen molar-refractivity contribution < 1.29 is 9.53 Å². The molecule has 1 aliphatic rings.